The average Bonchev–Trinajstić information content (AvgIpc) is 2.79. The molecule has 2 aromatic carbocycles. The lowest BCUT2D eigenvalue weighted by Gasteiger charge is -2.32. The van der Waals surface area contributed by atoms with Gasteiger partial charge in [0.05, 0.1) is 20.8 Å². The van der Waals surface area contributed by atoms with Crippen molar-refractivity contribution in [3.8, 4) is 11.5 Å². The van der Waals surface area contributed by atoms with E-state index in [0.29, 0.717) is 18.7 Å². The molecule has 0 unspecified atom stereocenters. The summed E-state index contributed by atoms with van der Waals surface area (Å²) < 4.78 is 10.9. The highest BCUT2D eigenvalue weighted by Crippen LogP contribution is 2.33. The van der Waals surface area contributed by atoms with Crippen LogP contribution in [-0.4, -0.2) is 57.2 Å². The Labute approximate surface area is 184 Å². The zero-order valence-electron chi connectivity index (χ0n) is 18.8. The first-order valence-electron chi connectivity index (χ1n) is 10.7. The predicted molar refractivity (Wildman–Crippen MR) is 123 cm³/mol. The van der Waals surface area contributed by atoms with E-state index in [9.17, 15) is 4.79 Å². The summed E-state index contributed by atoms with van der Waals surface area (Å²) in [6, 6.07) is 11.7. The minimum Gasteiger partial charge on any atom is -0.493 e. The van der Waals surface area contributed by atoms with E-state index >= 15 is 0 Å². The Morgan fingerprint density at radius 2 is 1.84 bits per heavy atom. The van der Waals surface area contributed by atoms with Crippen LogP contribution in [0.2, 0.25) is 0 Å². The fraction of sp³-hybridized carbons (Fsp3) is 0.417. The Morgan fingerprint density at radius 1 is 1.10 bits per heavy atom. The van der Waals surface area contributed by atoms with Gasteiger partial charge in [-0.1, -0.05) is 17.7 Å². The zero-order chi connectivity index (χ0) is 22.2. The zero-order valence-corrected chi connectivity index (χ0v) is 18.8. The second kappa shape index (κ2) is 10.7. The third-order valence-corrected chi connectivity index (χ3v) is 5.29. The predicted octanol–water partition coefficient (Wildman–Crippen LogP) is 2.77. The van der Waals surface area contributed by atoms with Gasteiger partial charge >= 0.3 is 0 Å². The van der Waals surface area contributed by atoms with Crippen molar-refractivity contribution in [2.24, 2.45) is 4.99 Å². The first kappa shape index (κ1) is 22.5. The van der Waals surface area contributed by atoms with Gasteiger partial charge in [-0.15, -0.1) is 0 Å². The van der Waals surface area contributed by atoms with E-state index in [0.717, 1.165) is 49.1 Å². The highest BCUT2D eigenvalue weighted by molar-refractivity contribution is 5.94. The van der Waals surface area contributed by atoms with Gasteiger partial charge in [0.1, 0.15) is 0 Å². The van der Waals surface area contributed by atoms with Gasteiger partial charge in [-0.2, -0.15) is 0 Å². The maximum Gasteiger partial charge on any atom is 0.251 e. The number of nitrogens with one attached hydrogen (secondary N) is 2. The number of aliphatic imine (C=N–C) groups is 1. The summed E-state index contributed by atoms with van der Waals surface area (Å²) in [5, 5.41) is 6.32. The number of ether oxygens (including phenoxy) is 2. The van der Waals surface area contributed by atoms with Crippen molar-refractivity contribution < 1.29 is 14.3 Å². The first-order chi connectivity index (χ1) is 15.0. The van der Waals surface area contributed by atoms with Gasteiger partial charge in [0, 0.05) is 31.7 Å². The topological polar surface area (TPSA) is 75.2 Å². The number of fused-ring (bicyclic) bond motifs is 1. The number of nitrogens with zero attached hydrogens (tertiary/aromatic N) is 2. The molecule has 0 spiro atoms. The van der Waals surface area contributed by atoms with Crippen molar-refractivity contribution >= 4 is 11.9 Å². The number of amides is 1. The van der Waals surface area contributed by atoms with Gasteiger partial charge in [-0.3, -0.25) is 9.79 Å². The number of methoxy groups -OCH3 is 2. The lowest BCUT2D eigenvalue weighted by molar-refractivity contribution is 0.0954. The second-order valence-corrected chi connectivity index (χ2v) is 7.51. The fourth-order valence-corrected chi connectivity index (χ4v) is 3.71. The molecule has 0 bridgehead atoms. The van der Waals surface area contributed by atoms with E-state index in [1.165, 1.54) is 11.1 Å². The van der Waals surface area contributed by atoms with Crippen LogP contribution in [0.15, 0.2) is 41.4 Å². The third-order valence-electron chi connectivity index (χ3n) is 5.29. The van der Waals surface area contributed by atoms with Crippen molar-refractivity contribution in [2.45, 2.75) is 26.8 Å². The highest BCUT2D eigenvalue weighted by Gasteiger charge is 2.21. The number of guanidine groups is 1. The summed E-state index contributed by atoms with van der Waals surface area (Å²) >= 11 is 0. The van der Waals surface area contributed by atoms with Crippen LogP contribution in [0, 0.1) is 6.92 Å². The van der Waals surface area contributed by atoms with Crippen LogP contribution in [0.5, 0.6) is 11.5 Å². The molecule has 0 radical (unpaired) electrons. The smallest absolute Gasteiger partial charge is 0.251 e. The van der Waals surface area contributed by atoms with Gasteiger partial charge in [-0.25, -0.2) is 0 Å². The Kier molecular flexibility index (Phi) is 7.76. The summed E-state index contributed by atoms with van der Waals surface area (Å²) in [5.74, 6) is 2.29. The monoisotopic (exact) mass is 424 g/mol. The van der Waals surface area contributed by atoms with Gasteiger partial charge in [-0.05, 0) is 55.7 Å². The van der Waals surface area contributed by atoms with Crippen LogP contribution < -0.4 is 20.1 Å². The molecule has 0 aliphatic carbocycles. The largest absolute Gasteiger partial charge is 0.493 e. The standard InChI is InChI=1S/C24H32N4O3/c1-5-25-24(27-11-10-26-23(29)19-8-6-7-17(2)13-19)28-12-9-18-14-21(30-3)22(31-4)15-20(18)16-28/h6-8,13-15H,5,9-12,16H2,1-4H3,(H,25,27)(H,26,29). The maximum absolute atomic E-state index is 12.3. The summed E-state index contributed by atoms with van der Waals surface area (Å²) in [5.41, 5.74) is 4.23. The van der Waals surface area contributed by atoms with Crippen molar-refractivity contribution in [1.29, 1.82) is 0 Å². The minimum atomic E-state index is -0.0724. The van der Waals surface area contributed by atoms with E-state index in [4.69, 9.17) is 14.5 Å². The molecule has 0 atom stereocenters. The van der Waals surface area contributed by atoms with Crippen molar-refractivity contribution in [1.82, 2.24) is 15.5 Å². The SMILES string of the molecule is CCNC(=NCCNC(=O)c1cccc(C)c1)N1CCc2cc(OC)c(OC)cc2C1. The number of carbonyl (C=O) groups is 1. The summed E-state index contributed by atoms with van der Waals surface area (Å²) in [6.45, 7) is 7.42. The van der Waals surface area contributed by atoms with Gasteiger partial charge in [0.2, 0.25) is 0 Å². The average molecular weight is 425 g/mol. The molecule has 0 aromatic heterocycles. The Hall–Kier alpha value is -3.22. The number of rotatable bonds is 7. The van der Waals surface area contributed by atoms with Crippen molar-refractivity contribution in [2.75, 3.05) is 40.4 Å². The van der Waals surface area contributed by atoms with E-state index in [1.807, 2.05) is 37.3 Å². The Balaban J connectivity index is 1.62. The van der Waals surface area contributed by atoms with Gasteiger partial charge < -0.3 is 25.0 Å². The van der Waals surface area contributed by atoms with Gasteiger partial charge in [0.25, 0.3) is 5.91 Å². The molecule has 7 heteroatoms. The molecule has 0 fully saturated rings. The van der Waals surface area contributed by atoms with Crippen LogP contribution in [0.4, 0.5) is 0 Å². The summed E-state index contributed by atoms with van der Waals surface area (Å²) in [4.78, 5) is 19.3. The van der Waals surface area contributed by atoms with Crippen LogP contribution in [0.3, 0.4) is 0 Å². The molecular formula is C24H32N4O3. The second-order valence-electron chi connectivity index (χ2n) is 7.51. The van der Waals surface area contributed by atoms with Crippen LogP contribution in [0.1, 0.15) is 34.0 Å². The van der Waals surface area contributed by atoms with Gasteiger partial charge in [0.15, 0.2) is 17.5 Å². The number of aryl methyl sites for hydroxylation is 1. The molecule has 1 heterocycles. The molecule has 1 aliphatic rings. The molecule has 166 valence electrons. The summed E-state index contributed by atoms with van der Waals surface area (Å²) in [6.07, 6.45) is 0.907. The number of hydrogen-bond donors (Lipinski definition) is 2. The van der Waals surface area contributed by atoms with Crippen molar-refractivity contribution in [3.05, 3.63) is 58.7 Å². The lowest BCUT2D eigenvalue weighted by atomic mass is 9.99. The van der Waals surface area contributed by atoms with E-state index in [-0.39, 0.29) is 5.91 Å². The normalized spacial score (nSPS) is 13.4. The molecule has 2 aromatic rings. The van der Waals surface area contributed by atoms with E-state index < -0.39 is 0 Å². The number of benzene rings is 2. The molecule has 31 heavy (non-hydrogen) atoms. The Bertz CT molecular complexity index is 942. The van der Waals surface area contributed by atoms with Crippen LogP contribution in [0.25, 0.3) is 0 Å². The quantitative estimate of drug-likeness (QED) is 0.406. The molecule has 1 aliphatic heterocycles. The summed E-state index contributed by atoms with van der Waals surface area (Å²) in [7, 11) is 3.31. The molecule has 0 saturated heterocycles. The van der Waals surface area contributed by atoms with E-state index in [2.05, 4.69) is 28.5 Å². The van der Waals surface area contributed by atoms with E-state index in [1.54, 1.807) is 14.2 Å². The molecular weight excluding hydrogens is 392 g/mol. The molecule has 1 amide bonds. The molecule has 3 rings (SSSR count). The number of carbonyl (C=O) groups excluding carboxylic acids is 1. The fourth-order valence-electron chi connectivity index (χ4n) is 3.71. The third kappa shape index (κ3) is 5.69. The first-order valence-corrected chi connectivity index (χ1v) is 10.7. The van der Waals surface area contributed by atoms with Crippen LogP contribution >= 0.6 is 0 Å². The molecule has 2 N–H and O–H groups in total. The maximum atomic E-state index is 12.3. The molecule has 0 saturated carbocycles. The Morgan fingerprint density at radius 3 is 2.52 bits per heavy atom. The lowest BCUT2D eigenvalue weighted by Crippen LogP contribution is -2.44. The number of hydrogen-bond acceptors (Lipinski definition) is 4. The van der Waals surface area contributed by atoms with Crippen LogP contribution in [-0.2, 0) is 13.0 Å². The van der Waals surface area contributed by atoms with Crippen molar-refractivity contribution in [3.63, 3.8) is 0 Å². The molecule has 7 nitrogen and oxygen atoms in total. The highest BCUT2D eigenvalue weighted by atomic mass is 16.5. The minimum absolute atomic E-state index is 0.0724.